The van der Waals surface area contributed by atoms with Gasteiger partial charge in [-0.25, -0.2) is 0 Å². The summed E-state index contributed by atoms with van der Waals surface area (Å²) in [5, 5.41) is 0. The quantitative estimate of drug-likeness (QED) is 0.603. The molecular weight excluding hydrogens is 188 g/mol. The predicted molar refractivity (Wildman–Crippen MR) is 63.7 cm³/mol. The summed E-state index contributed by atoms with van der Waals surface area (Å²) >= 11 is 0. The lowest BCUT2D eigenvalue weighted by Crippen LogP contribution is -2.19. The van der Waals surface area contributed by atoms with E-state index in [1.54, 1.807) is 0 Å². The van der Waals surface area contributed by atoms with E-state index in [0.717, 1.165) is 6.42 Å². The molecule has 0 amide bonds. The maximum atomic E-state index is 11.4. The van der Waals surface area contributed by atoms with Gasteiger partial charge in [-0.3, -0.25) is 4.79 Å². The average molecular weight is 214 g/mol. The molecule has 0 saturated carbocycles. The molecule has 0 aliphatic rings. The molecule has 0 radical (unpaired) electrons. The largest absolute Gasteiger partial charge is 0.463 e. The van der Waals surface area contributed by atoms with E-state index in [0.29, 0.717) is 18.3 Å². The maximum absolute atomic E-state index is 11.4. The van der Waals surface area contributed by atoms with Crippen LogP contribution in [0.5, 0.6) is 0 Å². The summed E-state index contributed by atoms with van der Waals surface area (Å²) < 4.78 is 5.36. The van der Waals surface area contributed by atoms with Gasteiger partial charge in [0, 0.05) is 6.42 Å². The second kappa shape index (κ2) is 7.72. The number of carbonyl (C=O) groups is 1. The van der Waals surface area contributed by atoms with Gasteiger partial charge >= 0.3 is 5.97 Å². The van der Waals surface area contributed by atoms with Crippen LogP contribution in [0.15, 0.2) is 0 Å². The molecule has 0 aromatic heterocycles. The molecule has 0 aromatic carbocycles. The number of esters is 1. The van der Waals surface area contributed by atoms with Crippen LogP contribution in [0.2, 0.25) is 0 Å². The van der Waals surface area contributed by atoms with Crippen molar-refractivity contribution in [2.75, 3.05) is 0 Å². The molecule has 2 heteroatoms. The van der Waals surface area contributed by atoms with Gasteiger partial charge in [0.15, 0.2) is 0 Å². The monoisotopic (exact) mass is 214 g/mol. The van der Waals surface area contributed by atoms with Gasteiger partial charge in [0.2, 0.25) is 0 Å². The Morgan fingerprint density at radius 2 is 1.67 bits per heavy atom. The minimum Gasteiger partial charge on any atom is -0.463 e. The third kappa shape index (κ3) is 7.40. The molecule has 0 aliphatic heterocycles. The van der Waals surface area contributed by atoms with Gasteiger partial charge in [0.05, 0.1) is 6.10 Å². The molecule has 1 atom stereocenters. The topological polar surface area (TPSA) is 26.3 Å². The van der Waals surface area contributed by atoms with Crippen LogP contribution in [0.4, 0.5) is 0 Å². The molecule has 0 N–H and O–H groups in total. The molecule has 0 saturated heterocycles. The highest BCUT2D eigenvalue weighted by Crippen LogP contribution is 2.17. The number of carbonyl (C=O) groups excluding carboxylic acids is 1. The van der Waals surface area contributed by atoms with Crippen molar-refractivity contribution < 1.29 is 9.53 Å². The van der Waals surface area contributed by atoms with E-state index >= 15 is 0 Å². The first-order chi connectivity index (χ1) is 6.99. The second-order valence-electron chi connectivity index (χ2n) is 4.82. The minimum atomic E-state index is -0.0524. The van der Waals surface area contributed by atoms with E-state index in [2.05, 4.69) is 13.8 Å². The molecule has 15 heavy (non-hydrogen) atoms. The zero-order valence-electron chi connectivity index (χ0n) is 10.9. The summed E-state index contributed by atoms with van der Waals surface area (Å²) in [5.41, 5.74) is 0. The SMILES string of the molecule is CCC(CC)CC(C)OC(=O)CC(C)C. The van der Waals surface area contributed by atoms with Gasteiger partial charge in [-0.15, -0.1) is 0 Å². The normalized spacial score (nSPS) is 13.3. The smallest absolute Gasteiger partial charge is 0.306 e. The molecule has 0 bridgehead atoms. The van der Waals surface area contributed by atoms with Gasteiger partial charge < -0.3 is 4.74 Å². The van der Waals surface area contributed by atoms with E-state index in [9.17, 15) is 4.79 Å². The van der Waals surface area contributed by atoms with Gasteiger partial charge in [0.1, 0.15) is 0 Å². The van der Waals surface area contributed by atoms with Crippen LogP contribution in [0.1, 0.15) is 60.3 Å². The third-order valence-corrected chi connectivity index (χ3v) is 2.73. The Balaban J connectivity index is 3.81. The molecule has 2 nitrogen and oxygen atoms in total. The summed E-state index contributed by atoms with van der Waals surface area (Å²) in [6.07, 6.45) is 3.94. The number of ether oxygens (including phenoxy) is 1. The first-order valence-electron chi connectivity index (χ1n) is 6.19. The molecule has 90 valence electrons. The van der Waals surface area contributed by atoms with Crippen LogP contribution >= 0.6 is 0 Å². The average Bonchev–Trinajstić information content (AvgIpc) is 2.12. The fraction of sp³-hybridized carbons (Fsp3) is 0.923. The van der Waals surface area contributed by atoms with E-state index in [1.807, 2.05) is 20.8 Å². The minimum absolute atomic E-state index is 0.0524. The summed E-state index contributed by atoms with van der Waals surface area (Å²) in [7, 11) is 0. The van der Waals surface area contributed by atoms with Gasteiger partial charge in [0.25, 0.3) is 0 Å². The van der Waals surface area contributed by atoms with Crippen LogP contribution in [0, 0.1) is 11.8 Å². The van der Waals surface area contributed by atoms with Gasteiger partial charge in [-0.05, 0) is 25.2 Å². The summed E-state index contributed by atoms with van der Waals surface area (Å²) in [6.45, 7) is 10.4. The highest BCUT2D eigenvalue weighted by molar-refractivity contribution is 5.69. The molecular formula is C13H26O2. The van der Waals surface area contributed by atoms with Crippen LogP contribution in [-0.2, 0) is 9.53 Å². The molecule has 0 aliphatic carbocycles. The zero-order valence-corrected chi connectivity index (χ0v) is 10.9. The molecule has 0 fully saturated rings. The predicted octanol–water partition coefficient (Wildman–Crippen LogP) is 3.79. The first kappa shape index (κ1) is 14.5. The highest BCUT2D eigenvalue weighted by atomic mass is 16.5. The molecule has 0 rings (SSSR count). The number of hydrogen-bond donors (Lipinski definition) is 0. The molecule has 0 spiro atoms. The summed E-state index contributed by atoms with van der Waals surface area (Å²) in [5.74, 6) is 1.02. The Morgan fingerprint density at radius 1 is 1.13 bits per heavy atom. The Kier molecular flexibility index (Phi) is 7.45. The second-order valence-corrected chi connectivity index (χ2v) is 4.82. The van der Waals surface area contributed by atoms with Crippen molar-refractivity contribution in [3.63, 3.8) is 0 Å². The fourth-order valence-corrected chi connectivity index (χ4v) is 1.75. The third-order valence-electron chi connectivity index (χ3n) is 2.73. The highest BCUT2D eigenvalue weighted by Gasteiger charge is 2.14. The zero-order chi connectivity index (χ0) is 11.8. The van der Waals surface area contributed by atoms with Crippen molar-refractivity contribution in [1.29, 1.82) is 0 Å². The van der Waals surface area contributed by atoms with Crippen LogP contribution in [-0.4, -0.2) is 12.1 Å². The van der Waals surface area contributed by atoms with Crippen LogP contribution < -0.4 is 0 Å². The molecule has 1 unspecified atom stereocenters. The fourth-order valence-electron chi connectivity index (χ4n) is 1.75. The molecule has 0 heterocycles. The first-order valence-corrected chi connectivity index (χ1v) is 6.19. The molecule has 0 aromatic rings. The lowest BCUT2D eigenvalue weighted by atomic mass is 9.97. The lowest BCUT2D eigenvalue weighted by Gasteiger charge is -2.19. The van der Waals surface area contributed by atoms with Gasteiger partial charge in [-0.1, -0.05) is 40.5 Å². The number of hydrogen-bond acceptors (Lipinski definition) is 2. The van der Waals surface area contributed by atoms with E-state index < -0.39 is 0 Å². The Bertz CT molecular complexity index is 171. The summed E-state index contributed by atoms with van der Waals surface area (Å²) in [6, 6.07) is 0. The van der Waals surface area contributed by atoms with Crippen molar-refractivity contribution >= 4 is 5.97 Å². The maximum Gasteiger partial charge on any atom is 0.306 e. The summed E-state index contributed by atoms with van der Waals surface area (Å²) in [4.78, 5) is 11.4. The van der Waals surface area contributed by atoms with Crippen LogP contribution in [0.25, 0.3) is 0 Å². The van der Waals surface area contributed by atoms with Crippen molar-refractivity contribution in [1.82, 2.24) is 0 Å². The lowest BCUT2D eigenvalue weighted by molar-refractivity contribution is -0.149. The standard InChI is InChI=1S/C13H26O2/c1-6-12(7-2)9-11(5)15-13(14)8-10(3)4/h10-12H,6-9H2,1-5H3. The van der Waals surface area contributed by atoms with Crippen molar-refractivity contribution in [2.45, 2.75) is 66.4 Å². The number of rotatable bonds is 7. The van der Waals surface area contributed by atoms with Crippen molar-refractivity contribution in [2.24, 2.45) is 11.8 Å². The van der Waals surface area contributed by atoms with Crippen LogP contribution in [0.3, 0.4) is 0 Å². The Hall–Kier alpha value is -0.530. The van der Waals surface area contributed by atoms with Crippen molar-refractivity contribution in [3.05, 3.63) is 0 Å². The van der Waals surface area contributed by atoms with Crippen molar-refractivity contribution in [3.8, 4) is 0 Å². The Labute approximate surface area is 94.4 Å². The van der Waals surface area contributed by atoms with Gasteiger partial charge in [-0.2, -0.15) is 0 Å². The Morgan fingerprint density at radius 3 is 2.07 bits per heavy atom. The van der Waals surface area contributed by atoms with E-state index in [1.165, 1.54) is 12.8 Å². The van der Waals surface area contributed by atoms with E-state index in [4.69, 9.17) is 4.74 Å². The van der Waals surface area contributed by atoms with E-state index in [-0.39, 0.29) is 12.1 Å².